The lowest BCUT2D eigenvalue weighted by Gasteiger charge is -2.16. The van der Waals surface area contributed by atoms with Gasteiger partial charge < -0.3 is 14.6 Å². The third-order valence-corrected chi connectivity index (χ3v) is 5.73. The number of nitrogens with zero attached hydrogens (tertiary/aromatic N) is 4. The van der Waals surface area contributed by atoms with E-state index in [4.69, 9.17) is 4.74 Å². The topological polar surface area (TPSA) is 112 Å². The van der Waals surface area contributed by atoms with Crippen LogP contribution in [0.4, 0.5) is 11.4 Å². The highest BCUT2D eigenvalue weighted by atomic mass is 32.2. The molecular formula is C22H25N5O4S. The van der Waals surface area contributed by atoms with Gasteiger partial charge in [0.25, 0.3) is 5.69 Å². The smallest absolute Gasteiger partial charge is 0.269 e. The first-order chi connectivity index (χ1) is 15.4. The summed E-state index contributed by atoms with van der Waals surface area (Å²) >= 11 is 1.27. The zero-order valence-corrected chi connectivity index (χ0v) is 19.0. The molecular weight excluding hydrogens is 430 g/mol. The molecule has 0 radical (unpaired) electrons. The van der Waals surface area contributed by atoms with E-state index in [0.717, 1.165) is 12.2 Å². The van der Waals surface area contributed by atoms with E-state index in [9.17, 15) is 14.9 Å². The number of nitro groups is 1. The summed E-state index contributed by atoms with van der Waals surface area (Å²) in [7, 11) is 0. The Morgan fingerprint density at radius 2 is 1.84 bits per heavy atom. The molecule has 0 bridgehead atoms. The second-order valence-electron chi connectivity index (χ2n) is 6.98. The normalized spacial score (nSPS) is 11.7. The van der Waals surface area contributed by atoms with E-state index in [1.54, 1.807) is 0 Å². The number of hydrogen-bond acceptors (Lipinski definition) is 7. The van der Waals surface area contributed by atoms with Gasteiger partial charge in [0.05, 0.1) is 10.7 Å². The average molecular weight is 456 g/mol. The molecule has 9 nitrogen and oxygen atoms in total. The molecule has 0 saturated heterocycles. The van der Waals surface area contributed by atoms with Crippen molar-refractivity contribution in [2.24, 2.45) is 0 Å². The van der Waals surface area contributed by atoms with Crippen LogP contribution < -0.4 is 10.1 Å². The highest BCUT2D eigenvalue weighted by molar-refractivity contribution is 7.99. The number of rotatable bonds is 10. The highest BCUT2D eigenvalue weighted by Crippen LogP contribution is 2.25. The molecule has 0 spiro atoms. The summed E-state index contributed by atoms with van der Waals surface area (Å²) in [6.45, 7) is 6.64. The van der Waals surface area contributed by atoms with Gasteiger partial charge in [-0.15, -0.1) is 10.2 Å². The number of anilines is 1. The lowest BCUT2D eigenvalue weighted by atomic mass is 10.2. The first-order valence-corrected chi connectivity index (χ1v) is 11.3. The Hall–Kier alpha value is -3.40. The van der Waals surface area contributed by atoms with Crippen LogP contribution in [0.15, 0.2) is 53.7 Å². The quantitative estimate of drug-likeness (QED) is 0.269. The molecule has 1 heterocycles. The molecule has 1 aromatic heterocycles. The number of nitrogens with one attached hydrogen (secondary N) is 1. The van der Waals surface area contributed by atoms with Crippen molar-refractivity contribution in [2.45, 2.75) is 45.0 Å². The van der Waals surface area contributed by atoms with Crippen molar-refractivity contribution >= 4 is 29.0 Å². The predicted octanol–water partition coefficient (Wildman–Crippen LogP) is 4.64. The van der Waals surface area contributed by atoms with Gasteiger partial charge in [-0.2, -0.15) is 0 Å². The minimum Gasteiger partial charge on any atom is -0.483 e. The maximum absolute atomic E-state index is 12.3. The number of carbonyl (C=O) groups is 1. The van der Waals surface area contributed by atoms with Gasteiger partial charge in [0.2, 0.25) is 5.91 Å². The minimum atomic E-state index is -0.485. The second-order valence-corrected chi connectivity index (χ2v) is 7.93. The van der Waals surface area contributed by atoms with E-state index in [1.807, 2.05) is 42.7 Å². The summed E-state index contributed by atoms with van der Waals surface area (Å²) in [5, 5.41) is 22.6. The average Bonchev–Trinajstić information content (AvgIpc) is 3.21. The Morgan fingerprint density at radius 3 is 2.44 bits per heavy atom. The Bertz CT molecular complexity index is 1070. The van der Waals surface area contributed by atoms with Crippen molar-refractivity contribution in [1.29, 1.82) is 0 Å². The van der Waals surface area contributed by atoms with E-state index in [0.29, 0.717) is 23.2 Å². The first-order valence-electron chi connectivity index (χ1n) is 10.3. The molecule has 32 heavy (non-hydrogen) atoms. The van der Waals surface area contributed by atoms with Crippen molar-refractivity contribution in [2.75, 3.05) is 11.1 Å². The monoisotopic (exact) mass is 455 g/mol. The summed E-state index contributed by atoms with van der Waals surface area (Å²) in [6, 6.07) is 13.7. The van der Waals surface area contributed by atoms with Crippen LogP contribution in [0.1, 0.15) is 38.3 Å². The third-order valence-electron chi connectivity index (χ3n) is 4.76. The number of hydrogen-bond donors (Lipinski definition) is 1. The van der Waals surface area contributed by atoms with Crippen molar-refractivity contribution in [3.63, 3.8) is 0 Å². The van der Waals surface area contributed by atoms with Crippen molar-refractivity contribution in [3.8, 4) is 5.75 Å². The van der Waals surface area contributed by atoms with Crippen LogP contribution in [0.25, 0.3) is 0 Å². The Labute approximate surface area is 190 Å². The van der Waals surface area contributed by atoms with Gasteiger partial charge in [0, 0.05) is 24.4 Å². The SMILES string of the molecule is CCc1ccc(O[C@@H](C)c2nnc(SCC(=O)Nc3ccc([N+](=O)[O-])cc3)n2CC)cc1. The number of carbonyl (C=O) groups excluding carboxylic acids is 1. The standard InChI is InChI=1S/C22H25N5O4S/c1-4-16-6-12-19(13-7-16)31-15(3)21-24-25-22(26(21)5-2)32-14-20(28)23-17-8-10-18(11-9-17)27(29)30/h6-13,15H,4-5,14H2,1-3H3,(H,23,28)/t15-/m0/s1. The van der Waals surface area contributed by atoms with Gasteiger partial charge in [-0.25, -0.2) is 0 Å². The molecule has 168 valence electrons. The van der Waals surface area contributed by atoms with Gasteiger partial charge >= 0.3 is 0 Å². The molecule has 3 rings (SSSR count). The summed E-state index contributed by atoms with van der Waals surface area (Å²) < 4.78 is 7.95. The van der Waals surface area contributed by atoms with Crippen molar-refractivity contribution < 1.29 is 14.5 Å². The zero-order valence-electron chi connectivity index (χ0n) is 18.1. The van der Waals surface area contributed by atoms with E-state index in [2.05, 4.69) is 22.4 Å². The fourth-order valence-electron chi connectivity index (χ4n) is 3.06. The molecule has 0 fully saturated rings. The molecule has 3 aromatic rings. The molecule has 0 aliphatic carbocycles. The number of thioether (sulfide) groups is 1. The molecule has 1 amide bonds. The number of ether oxygens (including phenoxy) is 1. The predicted molar refractivity (Wildman–Crippen MR) is 123 cm³/mol. The van der Waals surface area contributed by atoms with Crippen LogP contribution in [-0.4, -0.2) is 31.3 Å². The third kappa shape index (κ3) is 5.85. The molecule has 0 saturated carbocycles. The summed E-state index contributed by atoms with van der Waals surface area (Å²) in [4.78, 5) is 22.5. The maximum Gasteiger partial charge on any atom is 0.269 e. The van der Waals surface area contributed by atoms with Gasteiger partial charge in [-0.05, 0) is 50.1 Å². The number of amides is 1. The van der Waals surface area contributed by atoms with Gasteiger partial charge in [-0.1, -0.05) is 30.8 Å². The Morgan fingerprint density at radius 1 is 1.16 bits per heavy atom. The summed E-state index contributed by atoms with van der Waals surface area (Å²) in [5.41, 5.74) is 1.71. The van der Waals surface area contributed by atoms with Gasteiger partial charge in [0.15, 0.2) is 17.1 Å². The molecule has 1 N–H and O–H groups in total. The van der Waals surface area contributed by atoms with Crippen molar-refractivity contribution in [1.82, 2.24) is 14.8 Å². The number of non-ortho nitro benzene ring substituents is 1. The van der Waals surface area contributed by atoms with Crippen molar-refractivity contribution in [3.05, 3.63) is 70.0 Å². The minimum absolute atomic E-state index is 0.0291. The van der Waals surface area contributed by atoms with E-state index in [-0.39, 0.29) is 23.5 Å². The van der Waals surface area contributed by atoms with E-state index < -0.39 is 4.92 Å². The van der Waals surface area contributed by atoms with Crippen LogP contribution in [0, 0.1) is 10.1 Å². The maximum atomic E-state index is 12.3. The zero-order chi connectivity index (χ0) is 23.1. The lowest BCUT2D eigenvalue weighted by Crippen LogP contribution is -2.15. The number of nitro benzene ring substituents is 1. The van der Waals surface area contributed by atoms with Crippen LogP contribution in [0.5, 0.6) is 5.75 Å². The summed E-state index contributed by atoms with van der Waals surface area (Å²) in [6.07, 6.45) is 0.663. The number of benzene rings is 2. The molecule has 0 unspecified atom stereocenters. The lowest BCUT2D eigenvalue weighted by molar-refractivity contribution is -0.384. The first kappa shape index (κ1) is 23.3. The molecule has 10 heteroatoms. The second kappa shape index (κ2) is 10.8. The fourth-order valence-corrected chi connectivity index (χ4v) is 3.87. The molecule has 0 aliphatic rings. The van der Waals surface area contributed by atoms with Crippen LogP contribution in [0.2, 0.25) is 0 Å². The Balaban J connectivity index is 1.59. The van der Waals surface area contributed by atoms with Crippen LogP contribution in [-0.2, 0) is 17.8 Å². The largest absolute Gasteiger partial charge is 0.483 e. The fraction of sp³-hybridized carbons (Fsp3) is 0.318. The van der Waals surface area contributed by atoms with Crippen LogP contribution >= 0.6 is 11.8 Å². The van der Waals surface area contributed by atoms with E-state index >= 15 is 0 Å². The van der Waals surface area contributed by atoms with Gasteiger partial charge in [0.1, 0.15) is 5.75 Å². The Kier molecular flexibility index (Phi) is 7.82. The summed E-state index contributed by atoms with van der Waals surface area (Å²) in [5.74, 6) is 1.33. The highest BCUT2D eigenvalue weighted by Gasteiger charge is 2.19. The molecule has 0 aliphatic heterocycles. The molecule has 1 atom stereocenters. The number of aryl methyl sites for hydroxylation is 1. The molecule has 2 aromatic carbocycles. The van der Waals surface area contributed by atoms with Gasteiger partial charge in [-0.3, -0.25) is 14.9 Å². The van der Waals surface area contributed by atoms with Crippen LogP contribution in [0.3, 0.4) is 0 Å². The number of aromatic nitrogens is 3. The van der Waals surface area contributed by atoms with E-state index in [1.165, 1.54) is 41.6 Å².